The molecule has 2 aromatic rings. The molecule has 0 spiro atoms. The quantitative estimate of drug-likeness (QED) is 0.425. The molecule has 0 bridgehead atoms. The van der Waals surface area contributed by atoms with Gasteiger partial charge in [0, 0.05) is 17.6 Å². The Balaban J connectivity index is 1.68. The number of fused-ring (bicyclic) bond motifs is 1. The van der Waals surface area contributed by atoms with Gasteiger partial charge in [0.1, 0.15) is 5.83 Å². The molecule has 7 heteroatoms. The third-order valence-corrected chi connectivity index (χ3v) is 9.92. The van der Waals surface area contributed by atoms with Gasteiger partial charge in [-0.2, -0.15) is 0 Å². The van der Waals surface area contributed by atoms with Crippen molar-refractivity contribution >= 4 is 27.5 Å². The summed E-state index contributed by atoms with van der Waals surface area (Å²) >= 11 is 0. The predicted octanol–water partition coefficient (Wildman–Crippen LogP) is 5.67. The van der Waals surface area contributed by atoms with Crippen molar-refractivity contribution < 1.29 is 18.5 Å². The molecule has 0 saturated heterocycles. The van der Waals surface area contributed by atoms with E-state index in [2.05, 4.69) is 23.9 Å². The van der Waals surface area contributed by atoms with Crippen molar-refractivity contribution in [3.05, 3.63) is 83.2 Å². The van der Waals surface area contributed by atoms with E-state index in [1.807, 2.05) is 37.3 Å². The Morgan fingerprint density at radius 1 is 1.21 bits per heavy atom. The highest BCUT2D eigenvalue weighted by Crippen LogP contribution is 2.47. The number of hydrogen-bond donors (Lipinski definition) is 4. The van der Waals surface area contributed by atoms with Gasteiger partial charge in [-0.25, -0.2) is 9.18 Å². The third-order valence-electron chi connectivity index (χ3n) is 6.97. The van der Waals surface area contributed by atoms with E-state index in [9.17, 15) is 18.5 Å². The van der Waals surface area contributed by atoms with Gasteiger partial charge >= 0.3 is 5.97 Å². The number of carbonyl (C=O) groups is 1. The number of hydrogen-bond acceptors (Lipinski definition) is 3. The van der Waals surface area contributed by atoms with Crippen LogP contribution in [0.4, 0.5) is 15.8 Å². The molecule has 0 radical (unpaired) electrons. The molecule has 0 fully saturated rings. The Morgan fingerprint density at radius 2 is 1.94 bits per heavy atom. The van der Waals surface area contributed by atoms with Gasteiger partial charge in [-0.15, -0.1) is 0 Å². The van der Waals surface area contributed by atoms with Gasteiger partial charge in [-0.05, 0) is 82.8 Å². The topological polar surface area (TPSA) is 78.4 Å². The van der Waals surface area contributed by atoms with Crippen molar-refractivity contribution in [1.82, 2.24) is 0 Å². The highest BCUT2D eigenvalue weighted by Gasteiger charge is 2.39. The molecule has 2 atom stereocenters. The molecule has 3 N–H and O–H groups in total. The van der Waals surface area contributed by atoms with Gasteiger partial charge in [0.05, 0.1) is 16.4 Å². The van der Waals surface area contributed by atoms with E-state index in [1.54, 1.807) is 24.5 Å². The summed E-state index contributed by atoms with van der Waals surface area (Å²) in [5.41, 5.74) is 3.68. The van der Waals surface area contributed by atoms with Gasteiger partial charge in [0.15, 0.2) is 0 Å². The summed E-state index contributed by atoms with van der Waals surface area (Å²) in [6, 6.07) is 12.9. The van der Waals surface area contributed by atoms with Crippen LogP contribution in [0.3, 0.4) is 0 Å². The Morgan fingerprint density at radius 3 is 2.61 bits per heavy atom. The summed E-state index contributed by atoms with van der Waals surface area (Å²) in [6.07, 6.45) is 7.36. The number of rotatable bonds is 5. The summed E-state index contributed by atoms with van der Waals surface area (Å²) in [5.74, 6) is -1.24. The molecule has 1 aliphatic carbocycles. The second kappa shape index (κ2) is 8.13. The normalized spacial score (nSPS) is 24.3. The fraction of sp³-hybridized carbons (Fsp3) is 0.346. The lowest BCUT2D eigenvalue weighted by atomic mass is 9.72. The Kier molecular flexibility index (Phi) is 5.73. The fourth-order valence-corrected chi connectivity index (χ4v) is 6.40. The van der Waals surface area contributed by atoms with E-state index in [1.165, 1.54) is 12.2 Å². The second-order valence-corrected chi connectivity index (χ2v) is 13.1. The average Bonchev–Trinajstić information content (AvgIpc) is 2.74. The molecule has 1 heterocycles. The number of aromatic carboxylic acids is 1. The Bertz CT molecular complexity index is 1220. The van der Waals surface area contributed by atoms with E-state index in [0.717, 1.165) is 22.5 Å². The number of carboxylic acids is 1. The van der Waals surface area contributed by atoms with E-state index >= 15 is 0 Å². The lowest BCUT2D eigenvalue weighted by Crippen LogP contribution is -2.44. The van der Waals surface area contributed by atoms with Crippen LogP contribution in [-0.2, 0) is 16.5 Å². The van der Waals surface area contributed by atoms with Crippen LogP contribution in [0.5, 0.6) is 0 Å². The van der Waals surface area contributed by atoms with Gasteiger partial charge in [0.2, 0.25) is 0 Å². The van der Waals surface area contributed by atoms with E-state index in [0.29, 0.717) is 12.8 Å². The van der Waals surface area contributed by atoms with Gasteiger partial charge in [-0.3, -0.25) is 4.21 Å². The highest BCUT2D eigenvalue weighted by atomic mass is 32.3. The number of carboxylic acid groups (broad SMARTS) is 1. The molecule has 2 aromatic carbocycles. The zero-order valence-electron chi connectivity index (χ0n) is 19.4. The minimum absolute atomic E-state index is 0.0866. The van der Waals surface area contributed by atoms with Crippen LogP contribution in [0.15, 0.2) is 66.5 Å². The van der Waals surface area contributed by atoms with Crippen molar-refractivity contribution in [3.63, 3.8) is 0 Å². The Hall–Kier alpha value is -2.93. The summed E-state index contributed by atoms with van der Waals surface area (Å²) in [5, 5.41) is 12.9. The molecule has 176 valence electrons. The minimum atomic E-state index is -2.97. The van der Waals surface area contributed by atoms with Gasteiger partial charge in [-0.1, -0.05) is 38.1 Å². The molecule has 0 saturated carbocycles. The van der Waals surface area contributed by atoms with Crippen LogP contribution in [0.25, 0.3) is 0 Å². The minimum Gasteiger partial charge on any atom is -0.478 e. The average molecular weight is 471 g/mol. The number of anilines is 2. The fourth-order valence-electron chi connectivity index (χ4n) is 4.68. The zero-order chi connectivity index (χ0) is 24.0. The number of nitrogens with one attached hydrogen (secondary N) is 2. The summed E-state index contributed by atoms with van der Waals surface area (Å²) < 4.78 is 30.1. The molecule has 33 heavy (non-hydrogen) atoms. The smallest absolute Gasteiger partial charge is 0.335 e. The van der Waals surface area contributed by atoms with E-state index in [4.69, 9.17) is 0 Å². The maximum atomic E-state index is 13.9. The molecule has 2 aliphatic rings. The third kappa shape index (κ3) is 4.34. The molecule has 1 aliphatic heterocycles. The SMILES string of the molecule is CC1(C)Cc2cc(C(=O)O)ccc2NC1c1ccccc1N[SH](C)(=O)C1(C)C=CC(F)=CC1. The first kappa shape index (κ1) is 23.2. The molecule has 2 unspecified atom stereocenters. The number of allylic oxidation sites excluding steroid dienone is 3. The number of benzene rings is 2. The van der Waals surface area contributed by atoms with Crippen LogP contribution in [-0.4, -0.2) is 26.3 Å². The van der Waals surface area contributed by atoms with Crippen molar-refractivity contribution in [2.45, 2.75) is 44.4 Å². The van der Waals surface area contributed by atoms with Crippen LogP contribution in [0, 0.1) is 5.41 Å². The molecule has 0 aromatic heterocycles. The number of para-hydroxylation sites is 1. The summed E-state index contributed by atoms with van der Waals surface area (Å²) in [6.45, 7) is 6.17. The highest BCUT2D eigenvalue weighted by molar-refractivity contribution is 8.05. The molecular weight excluding hydrogens is 439 g/mol. The summed E-state index contributed by atoms with van der Waals surface area (Å²) in [7, 11) is -2.97. The van der Waals surface area contributed by atoms with Gasteiger partial charge in [0.25, 0.3) is 0 Å². The predicted molar refractivity (Wildman–Crippen MR) is 134 cm³/mol. The summed E-state index contributed by atoms with van der Waals surface area (Å²) in [4.78, 5) is 11.4. The van der Waals surface area contributed by atoms with Crippen LogP contribution < -0.4 is 10.0 Å². The maximum Gasteiger partial charge on any atom is 0.335 e. The maximum absolute atomic E-state index is 13.9. The molecular formula is C26H31FN2O3S. The first-order valence-corrected chi connectivity index (χ1v) is 13.2. The van der Waals surface area contributed by atoms with Crippen molar-refractivity contribution in [2.75, 3.05) is 16.3 Å². The lowest BCUT2D eigenvalue weighted by molar-refractivity contribution is 0.0696. The first-order valence-electron chi connectivity index (χ1n) is 11.0. The molecule has 5 nitrogen and oxygen atoms in total. The van der Waals surface area contributed by atoms with E-state index in [-0.39, 0.29) is 22.8 Å². The largest absolute Gasteiger partial charge is 0.478 e. The molecule has 0 amide bonds. The standard InChI is InChI=1S/C26H31FN2O3S/c1-25(2)16-18-15-17(24(30)31)9-10-21(18)28-23(25)20-7-5-6-8-22(20)29-33(4,32)26(3)13-11-19(27)12-14-26/h5-13,15,23,28,33H,14,16H2,1-4H3,(H,29,32)(H,30,31). The molecule has 4 rings (SSSR count). The first-order chi connectivity index (χ1) is 15.4. The van der Waals surface area contributed by atoms with E-state index < -0.39 is 20.8 Å². The van der Waals surface area contributed by atoms with Crippen LogP contribution >= 0.6 is 0 Å². The number of halogens is 1. The monoisotopic (exact) mass is 470 g/mol. The van der Waals surface area contributed by atoms with Crippen molar-refractivity contribution in [1.29, 1.82) is 0 Å². The van der Waals surface area contributed by atoms with Gasteiger partial charge < -0.3 is 15.1 Å². The lowest BCUT2D eigenvalue weighted by Gasteiger charge is -2.44. The van der Waals surface area contributed by atoms with Crippen LogP contribution in [0.1, 0.15) is 54.7 Å². The van der Waals surface area contributed by atoms with Crippen molar-refractivity contribution in [3.8, 4) is 0 Å². The zero-order valence-corrected chi connectivity index (χ0v) is 20.2. The number of thiol groups is 1. The van der Waals surface area contributed by atoms with Crippen molar-refractivity contribution in [2.24, 2.45) is 5.41 Å². The Labute approximate surface area is 195 Å². The second-order valence-electron chi connectivity index (χ2n) is 10.0. The van der Waals surface area contributed by atoms with Crippen LogP contribution in [0.2, 0.25) is 0 Å².